The fourth-order valence-electron chi connectivity index (χ4n) is 2.42. The Morgan fingerprint density at radius 2 is 2.24 bits per heavy atom. The summed E-state index contributed by atoms with van der Waals surface area (Å²) in [5.74, 6) is -0.0587. The minimum absolute atomic E-state index is 0.0587. The van der Waals surface area contributed by atoms with Crippen LogP contribution in [0.1, 0.15) is 27.3 Å². The van der Waals surface area contributed by atoms with Crippen LogP contribution in [0.15, 0.2) is 29.1 Å². The van der Waals surface area contributed by atoms with Gasteiger partial charge >= 0.3 is 0 Å². The maximum Gasteiger partial charge on any atom is 0.268 e. The lowest BCUT2D eigenvalue weighted by Gasteiger charge is -2.03. The van der Waals surface area contributed by atoms with Crippen molar-refractivity contribution in [1.82, 2.24) is 15.3 Å². The molecule has 2 N–H and O–H groups in total. The molecule has 1 aromatic carbocycles. The van der Waals surface area contributed by atoms with Crippen LogP contribution >= 0.6 is 11.3 Å². The first kappa shape index (κ1) is 13.8. The maximum atomic E-state index is 12.3. The molecule has 0 aliphatic rings. The number of H-pyrrole nitrogens is 1. The number of thiazole rings is 1. The summed E-state index contributed by atoms with van der Waals surface area (Å²) < 4.78 is 0. The highest BCUT2D eigenvalue weighted by atomic mass is 32.1. The molecule has 1 amide bonds. The van der Waals surface area contributed by atoms with Gasteiger partial charge in [-0.05, 0) is 31.5 Å². The monoisotopic (exact) mass is 299 g/mol. The van der Waals surface area contributed by atoms with Crippen LogP contribution in [0.3, 0.4) is 0 Å². The third kappa shape index (κ3) is 2.83. The molecule has 0 radical (unpaired) electrons. The van der Waals surface area contributed by atoms with Crippen molar-refractivity contribution in [3.63, 3.8) is 0 Å². The Morgan fingerprint density at radius 1 is 1.38 bits per heavy atom. The molecule has 0 atom stereocenters. The second-order valence-corrected chi connectivity index (χ2v) is 5.88. The third-order valence-electron chi connectivity index (χ3n) is 3.59. The molecular formula is C16H17N3OS. The first-order valence-electron chi connectivity index (χ1n) is 6.89. The summed E-state index contributed by atoms with van der Waals surface area (Å²) in [6.45, 7) is 4.63. The molecule has 0 spiro atoms. The number of benzene rings is 1. The van der Waals surface area contributed by atoms with Gasteiger partial charge in [0.2, 0.25) is 0 Å². The minimum Gasteiger partial charge on any atom is -0.350 e. The van der Waals surface area contributed by atoms with Gasteiger partial charge in [0.05, 0.1) is 11.2 Å². The zero-order chi connectivity index (χ0) is 14.8. The largest absolute Gasteiger partial charge is 0.350 e. The molecule has 0 aliphatic heterocycles. The molecule has 2 heterocycles. The van der Waals surface area contributed by atoms with Gasteiger partial charge in [-0.25, -0.2) is 4.98 Å². The smallest absolute Gasteiger partial charge is 0.268 e. The number of amides is 1. The van der Waals surface area contributed by atoms with E-state index in [2.05, 4.69) is 28.3 Å². The molecule has 21 heavy (non-hydrogen) atoms. The number of nitrogens with zero attached hydrogens (tertiary/aromatic N) is 1. The summed E-state index contributed by atoms with van der Waals surface area (Å²) in [5.41, 5.74) is 6.67. The topological polar surface area (TPSA) is 57.8 Å². The Bertz CT molecular complexity index is 774. The van der Waals surface area contributed by atoms with Crippen molar-refractivity contribution in [2.45, 2.75) is 20.3 Å². The zero-order valence-corrected chi connectivity index (χ0v) is 12.9. The van der Waals surface area contributed by atoms with Gasteiger partial charge in [0.25, 0.3) is 5.91 Å². The molecule has 0 fully saturated rings. The molecule has 0 saturated carbocycles. The van der Waals surface area contributed by atoms with E-state index in [4.69, 9.17) is 0 Å². The van der Waals surface area contributed by atoms with Crippen LogP contribution in [0.2, 0.25) is 0 Å². The first-order chi connectivity index (χ1) is 10.1. The highest BCUT2D eigenvalue weighted by Crippen LogP contribution is 2.22. The number of nitrogens with one attached hydrogen (secondary N) is 2. The van der Waals surface area contributed by atoms with Crippen molar-refractivity contribution in [2.24, 2.45) is 0 Å². The lowest BCUT2D eigenvalue weighted by atomic mass is 10.1. The Kier molecular flexibility index (Phi) is 3.75. The summed E-state index contributed by atoms with van der Waals surface area (Å²) in [6.07, 6.45) is 0.758. The molecule has 5 heteroatoms. The van der Waals surface area contributed by atoms with Gasteiger partial charge in [-0.3, -0.25) is 4.79 Å². The van der Waals surface area contributed by atoms with E-state index in [1.54, 1.807) is 16.8 Å². The van der Waals surface area contributed by atoms with Crippen LogP contribution in [0.25, 0.3) is 10.9 Å². The molecule has 108 valence electrons. The SMILES string of the molecule is Cc1ccc2[nH]c(C(=O)NCCc3cscn3)c(C)c2c1. The van der Waals surface area contributed by atoms with Gasteiger partial charge in [0.1, 0.15) is 5.69 Å². The Morgan fingerprint density at radius 3 is 3.00 bits per heavy atom. The third-order valence-corrected chi connectivity index (χ3v) is 4.23. The second-order valence-electron chi connectivity index (χ2n) is 5.16. The predicted molar refractivity (Wildman–Crippen MR) is 85.9 cm³/mol. The van der Waals surface area contributed by atoms with E-state index in [9.17, 15) is 4.79 Å². The fraction of sp³-hybridized carbons (Fsp3) is 0.250. The Hall–Kier alpha value is -2.14. The number of rotatable bonds is 4. The van der Waals surface area contributed by atoms with Crippen LogP contribution in [0.4, 0.5) is 0 Å². The normalized spacial score (nSPS) is 11.0. The van der Waals surface area contributed by atoms with Crippen LogP contribution in [-0.2, 0) is 6.42 Å². The molecule has 3 rings (SSSR count). The average Bonchev–Trinajstić information content (AvgIpc) is 3.08. The number of carbonyl (C=O) groups is 1. The number of fused-ring (bicyclic) bond motifs is 1. The molecule has 0 aliphatic carbocycles. The highest BCUT2D eigenvalue weighted by Gasteiger charge is 2.14. The van der Waals surface area contributed by atoms with Gasteiger partial charge in [0.15, 0.2) is 0 Å². The summed E-state index contributed by atoms with van der Waals surface area (Å²) in [7, 11) is 0. The Balaban J connectivity index is 1.73. The Labute approximate surface area is 127 Å². The summed E-state index contributed by atoms with van der Waals surface area (Å²) >= 11 is 1.57. The van der Waals surface area contributed by atoms with Gasteiger partial charge in [-0.1, -0.05) is 11.6 Å². The number of aromatic nitrogens is 2. The molecule has 0 saturated heterocycles. The van der Waals surface area contributed by atoms with Crippen molar-refractivity contribution < 1.29 is 4.79 Å². The first-order valence-corrected chi connectivity index (χ1v) is 7.83. The van der Waals surface area contributed by atoms with Gasteiger partial charge in [-0.2, -0.15) is 0 Å². The van der Waals surface area contributed by atoms with E-state index in [1.165, 1.54) is 5.56 Å². The highest BCUT2D eigenvalue weighted by molar-refractivity contribution is 7.07. The van der Waals surface area contributed by atoms with E-state index in [0.29, 0.717) is 12.2 Å². The molecule has 0 bridgehead atoms. The number of carbonyl (C=O) groups excluding carboxylic acids is 1. The molecule has 0 unspecified atom stereocenters. The van der Waals surface area contributed by atoms with Gasteiger partial charge < -0.3 is 10.3 Å². The molecule has 2 aromatic heterocycles. The van der Waals surface area contributed by atoms with Crippen molar-refractivity contribution in [2.75, 3.05) is 6.54 Å². The summed E-state index contributed by atoms with van der Waals surface area (Å²) in [4.78, 5) is 19.7. The van der Waals surface area contributed by atoms with E-state index >= 15 is 0 Å². The fourth-order valence-corrected chi connectivity index (χ4v) is 3.01. The van der Waals surface area contributed by atoms with E-state index < -0.39 is 0 Å². The van der Waals surface area contributed by atoms with Crippen LogP contribution in [-0.4, -0.2) is 22.4 Å². The van der Waals surface area contributed by atoms with Crippen LogP contribution in [0.5, 0.6) is 0 Å². The van der Waals surface area contributed by atoms with E-state index in [-0.39, 0.29) is 5.91 Å². The van der Waals surface area contributed by atoms with Crippen molar-refractivity contribution in [3.05, 3.63) is 51.6 Å². The van der Waals surface area contributed by atoms with Crippen molar-refractivity contribution in [1.29, 1.82) is 0 Å². The molecular weight excluding hydrogens is 282 g/mol. The van der Waals surface area contributed by atoms with Crippen molar-refractivity contribution in [3.8, 4) is 0 Å². The average molecular weight is 299 g/mol. The maximum absolute atomic E-state index is 12.3. The number of hydrogen-bond donors (Lipinski definition) is 2. The van der Waals surface area contributed by atoms with Crippen molar-refractivity contribution >= 4 is 28.1 Å². The van der Waals surface area contributed by atoms with Crippen LogP contribution in [0, 0.1) is 13.8 Å². The van der Waals surface area contributed by atoms with E-state index in [0.717, 1.165) is 28.6 Å². The number of aryl methyl sites for hydroxylation is 2. The molecule has 4 nitrogen and oxygen atoms in total. The lowest BCUT2D eigenvalue weighted by Crippen LogP contribution is -2.26. The number of hydrogen-bond acceptors (Lipinski definition) is 3. The second kappa shape index (κ2) is 5.69. The standard InChI is InChI=1S/C16H17N3OS/c1-10-3-4-14-13(7-10)11(2)15(19-14)16(20)17-6-5-12-8-21-9-18-12/h3-4,7-9,19H,5-6H2,1-2H3,(H,17,20). The van der Waals surface area contributed by atoms with Gasteiger partial charge in [0, 0.05) is 29.2 Å². The molecule has 3 aromatic rings. The summed E-state index contributed by atoms with van der Waals surface area (Å²) in [6, 6.07) is 6.17. The number of aromatic amines is 1. The summed E-state index contributed by atoms with van der Waals surface area (Å²) in [5, 5.41) is 6.06. The predicted octanol–water partition coefficient (Wildman–Crippen LogP) is 3.21. The quantitative estimate of drug-likeness (QED) is 0.777. The lowest BCUT2D eigenvalue weighted by molar-refractivity contribution is 0.0949. The van der Waals surface area contributed by atoms with E-state index in [1.807, 2.05) is 24.4 Å². The zero-order valence-electron chi connectivity index (χ0n) is 12.1. The van der Waals surface area contributed by atoms with Gasteiger partial charge in [-0.15, -0.1) is 11.3 Å². The minimum atomic E-state index is -0.0587. The van der Waals surface area contributed by atoms with Crippen LogP contribution < -0.4 is 5.32 Å².